The summed E-state index contributed by atoms with van der Waals surface area (Å²) in [5.41, 5.74) is 1.35. The Bertz CT molecular complexity index is 231. The molecule has 1 aromatic rings. The topological polar surface area (TPSA) is 7.76 Å². The maximum absolute atomic E-state index is 2.16. The van der Waals surface area contributed by atoms with E-state index < -0.39 is 0 Å². The van der Waals surface area contributed by atoms with Crippen molar-refractivity contribution in [3.63, 3.8) is 0 Å². The Morgan fingerprint density at radius 2 is 2.00 bits per heavy atom. The SMILES string of the molecule is CCc1c[n+](C)cc[n+]1C. The second-order valence-electron chi connectivity index (χ2n) is 2.55. The van der Waals surface area contributed by atoms with E-state index in [1.54, 1.807) is 0 Å². The zero-order chi connectivity index (χ0) is 7.56. The summed E-state index contributed by atoms with van der Waals surface area (Å²) < 4.78 is 4.21. The lowest BCUT2D eigenvalue weighted by Crippen LogP contribution is -2.40. The van der Waals surface area contributed by atoms with Crippen molar-refractivity contribution in [3.05, 3.63) is 24.3 Å². The number of aryl methyl sites for hydroxylation is 3. The minimum absolute atomic E-state index is 1.09. The van der Waals surface area contributed by atoms with Gasteiger partial charge in [-0.3, -0.25) is 0 Å². The molecule has 0 radical (unpaired) electrons. The van der Waals surface area contributed by atoms with E-state index in [1.165, 1.54) is 5.69 Å². The molecular formula is C8H14N2+2. The molecule has 0 aliphatic carbocycles. The molecule has 0 bridgehead atoms. The van der Waals surface area contributed by atoms with Crippen LogP contribution in [0, 0.1) is 0 Å². The zero-order valence-corrected chi connectivity index (χ0v) is 6.83. The largest absolute Gasteiger partial charge is 0.245 e. The first-order valence-corrected chi connectivity index (χ1v) is 3.58. The summed E-state index contributed by atoms with van der Waals surface area (Å²) in [6, 6.07) is 0. The first-order valence-electron chi connectivity index (χ1n) is 3.58. The molecule has 0 aliphatic heterocycles. The van der Waals surface area contributed by atoms with Gasteiger partial charge in [-0.2, -0.15) is 9.13 Å². The van der Waals surface area contributed by atoms with Crippen molar-refractivity contribution in [1.29, 1.82) is 0 Å². The van der Waals surface area contributed by atoms with E-state index in [0.29, 0.717) is 0 Å². The van der Waals surface area contributed by atoms with E-state index in [-0.39, 0.29) is 0 Å². The van der Waals surface area contributed by atoms with Gasteiger partial charge in [-0.05, 0) is 0 Å². The summed E-state index contributed by atoms with van der Waals surface area (Å²) in [5.74, 6) is 0. The fraction of sp³-hybridized carbons (Fsp3) is 0.500. The fourth-order valence-corrected chi connectivity index (χ4v) is 1.01. The second kappa shape index (κ2) is 2.78. The quantitative estimate of drug-likeness (QED) is 0.479. The minimum atomic E-state index is 1.09. The number of hydrogen-bond donors (Lipinski definition) is 0. The molecule has 2 heteroatoms. The highest BCUT2D eigenvalue weighted by molar-refractivity contribution is 4.79. The molecule has 54 valence electrons. The second-order valence-corrected chi connectivity index (χ2v) is 2.55. The smallest absolute Gasteiger partial charge is 0.197 e. The van der Waals surface area contributed by atoms with Gasteiger partial charge in [0.15, 0.2) is 0 Å². The lowest BCUT2D eigenvalue weighted by molar-refractivity contribution is -0.732. The molecule has 0 amide bonds. The van der Waals surface area contributed by atoms with Crippen LogP contribution in [0.5, 0.6) is 0 Å². The summed E-state index contributed by atoms with van der Waals surface area (Å²) in [4.78, 5) is 0. The maximum Gasteiger partial charge on any atom is 0.245 e. The Morgan fingerprint density at radius 1 is 1.30 bits per heavy atom. The monoisotopic (exact) mass is 138 g/mol. The van der Waals surface area contributed by atoms with E-state index in [1.807, 2.05) is 13.2 Å². The number of aromatic nitrogens is 2. The van der Waals surface area contributed by atoms with Gasteiger partial charge < -0.3 is 0 Å². The van der Waals surface area contributed by atoms with Crippen molar-refractivity contribution in [1.82, 2.24) is 0 Å². The molecule has 0 fully saturated rings. The molecule has 1 aromatic heterocycles. The molecule has 0 unspecified atom stereocenters. The maximum atomic E-state index is 2.16. The van der Waals surface area contributed by atoms with Gasteiger partial charge in [0.1, 0.15) is 14.1 Å². The average molecular weight is 138 g/mol. The number of hydrogen-bond acceptors (Lipinski definition) is 0. The van der Waals surface area contributed by atoms with Crippen LogP contribution in [0.1, 0.15) is 12.6 Å². The standard InChI is InChI=1S/C8H14N2/c1-4-8-7-9(2)5-6-10(8)3/h5-7H,4H2,1-3H3/q+2. The highest BCUT2D eigenvalue weighted by Gasteiger charge is 2.06. The van der Waals surface area contributed by atoms with Crippen LogP contribution in [0.25, 0.3) is 0 Å². The van der Waals surface area contributed by atoms with Gasteiger partial charge in [0, 0.05) is 6.42 Å². The van der Waals surface area contributed by atoms with Crippen LogP contribution in [-0.2, 0) is 20.5 Å². The average Bonchev–Trinajstić information content (AvgIpc) is 1.94. The normalized spacial score (nSPS) is 9.90. The van der Waals surface area contributed by atoms with Crippen LogP contribution in [0.15, 0.2) is 18.6 Å². The third-order valence-electron chi connectivity index (χ3n) is 1.69. The van der Waals surface area contributed by atoms with E-state index >= 15 is 0 Å². The molecule has 0 N–H and O–H groups in total. The number of nitrogens with zero attached hydrogens (tertiary/aromatic N) is 2. The van der Waals surface area contributed by atoms with E-state index in [9.17, 15) is 0 Å². The van der Waals surface area contributed by atoms with Crippen LogP contribution < -0.4 is 9.13 Å². The molecule has 0 aliphatic rings. The van der Waals surface area contributed by atoms with Crippen LogP contribution in [0.3, 0.4) is 0 Å². The Labute approximate surface area is 61.8 Å². The molecule has 0 saturated heterocycles. The van der Waals surface area contributed by atoms with Gasteiger partial charge in [0.2, 0.25) is 24.3 Å². The van der Waals surface area contributed by atoms with E-state index in [0.717, 1.165) is 6.42 Å². The van der Waals surface area contributed by atoms with Crippen molar-refractivity contribution in [2.45, 2.75) is 13.3 Å². The molecule has 1 rings (SSSR count). The van der Waals surface area contributed by atoms with Gasteiger partial charge in [0.25, 0.3) is 0 Å². The summed E-state index contributed by atoms with van der Waals surface area (Å²) in [7, 11) is 4.11. The summed E-state index contributed by atoms with van der Waals surface area (Å²) in [6.45, 7) is 2.16. The van der Waals surface area contributed by atoms with Crippen molar-refractivity contribution in [2.75, 3.05) is 0 Å². The molecular weight excluding hydrogens is 124 g/mol. The van der Waals surface area contributed by atoms with Crippen molar-refractivity contribution in [2.24, 2.45) is 14.1 Å². The van der Waals surface area contributed by atoms with Crippen LogP contribution >= 0.6 is 0 Å². The Morgan fingerprint density at radius 3 is 2.50 bits per heavy atom. The predicted molar refractivity (Wildman–Crippen MR) is 38.2 cm³/mol. The first-order chi connectivity index (χ1) is 4.74. The van der Waals surface area contributed by atoms with Gasteiger partial charge in [-0.25, -0.2) is 0 Å². The van der Waals surface area contributed by atoms with Crippen molar-refractivity contribution >= 4 is 0 Å². The van der Waals surface area contributed by atoms with Crippen molar-refractivity contribution < 1.29 is 9.13 Å². The zero-order valence-electron chi connectivity index (χ0n) is 6.83. The van der Waals surface area contributed by atoms with Crippen LogP contribution in [0.2, 0.25) is 0 Å². The lowest BCUT2D eigenvalue weighted by Gasteiger charge is -1.91. The van der Waals surface area contributed by atoms with Crippen molar-refractivity contribution in [3.8, 4) is 0 Å². The molecule has 0 atom stereocenters. The summed E-state index contributed by atoms with van der Waals surface area (Å²) >= 11 is 0. The summed E-state index contributed by atoms with van der Waals surface area (Å²) in [5, 5.41) is 0. The lowest BCUT2D eigenvalue weighted by atomic mass is 10.3. The first kappa shape index (κ1) is 7.19. The van der Waals surface area contributed by atoms with Gasteiger partial charge in [0.05, 0.1) is 0 Å². The van der Waals surface area contributed by atoms with Gasteiger partial charge in [-0.1, -0.05) is 6.92 Å². The molecule has 0 aromatic carbocycles. The molecule has 2 nitrogen and oxygen atoms in total. The Balaban J connectivity index is 3.09. The number of rotatable bonds is 1. The third kappa shape index (κ3) is 1.32. The van der Waals surface area contributed by atoms with Crippen LogP contribution in [0.4, 0.5) is 0 Å². The molecule has 10 heavy (non-hydrogen) atoms. The molecule has 1 heterocycles. The molecule has 0 saturated carbocycles. The Hall–Kier alpha value is -0.920. The predicted octanol–water partition coefficient (Wildman–Crippen LogP) is -0.102. The van der Waals surface area contributed by atoms with Gasteiger partial charge in [-0.15, -0.1) is 0 Å². The minimum Gasteiger partial charge on any atom is -0.197 e. The molecule has 0 spiro atoms. The third-order valence-corrected chi connectivity index (χ3v) is 1.69. The summed E-state index contributed by atoms with van der Waals surface area (Å²) in [6.07, 6.45) is 7.34. The van der Waals surface area contributed by atoms with E-state index in [2.05, 4.69) is 35.5 Å². The fourth-order valence-electron chi connectivity index (χ4n) is 1.01. The highest BCUT2D eigenvalue weighted by atomic mass is 15.0. The Kier molecular flexibility index (Phi) is 2.00. The van der Waals surface area contributed by atoms with Gasteiger partial charge >= 0.3 is 0 Å². The highest BCUT2D eigenvalue weighted by Crippen LogP contribution is 1.84. The van der Waals surface area contributed by atoms with E-state index in [4.69, 9.17) is 0 Å². The van der Waals surface area contributed by atoms with Crippen LogP contribution in [-0.4, -0.2) is 0 Å².